The molecule has 27 heavy (non-hydrogen) atoms. The van der Waals surface area contributed by atoms with Crippen LogP contribution in [0.25, 0.3) is 6.08 Å². The highest BCUT2D eigenvalue weighted by Crippen LogP contribution is 2.30. The van der Waals surface area contributed by atoms with Gasteiger partial charge in [0.2, 0.25) is 0 Å². The van der Waals surface area contributed by atoms with E-state index in [0.29, 0.717) is 32.1 Å². The summed E-state index contributed by atoms with van der Waals surface area (Å²) in [6.45, 7) is 1.69. The molecule has 0 radical (unpaired) electrons. The summed E-state index contributed by atoms with van der Waals surface area (Å²) in [5, 5.41) is 2.60. The van der Waals surface area contributed by atoms with Crippen LogP contribution in [0.5, 0.6) is 5.75 Å². The van der Waals surface area contributed by atoms with E-state index in [1.807, 2.05) is 0 Å². The van der Waals surface area contributed by atoms with E-state index < -0.39 is 17.8 Å². The highest BCUT2D eigenvalue weighted by molar-refractivity contribution is 9.10. The topological polar surface area (TPSA) is 75.7 Å². The van der Waals surface area contributed by atoms with Crippen LogP contribution in [0.3, 0.4) is 0 Å². The third-order valence-electron chi connectivity index (χ3n) is 4.07. The molecule has 0 atom stereocenters. The Morgan fingerprint density at radius 1 is 1.19 bits per heavy atom. The summed E-state index contributed by atoms with van der Waals surface area (Å²) in [4.78, 5) is 38.4. The lowest BCUT2D eigenvalue weighted by atomic mass is 10.1. The van der Waals surface area contributed by atoms with E-state index in [0.717, 1.165) is 4.90 Å². The average Bonchev–Trinajstić information content (AvgIpc) is 2.62. The minimum absolute atomic E-state index is 0.161. The van der Waals surface area contributed by atoms with E-state index in [1.165, 1.54) is 13.2 Å². The van der Waals surface area contributed by atoms with Gasteiger partial charge in [0.1, 0.15) is 11.3 Å². The van der Waals surface area contributed by atoms with Crippen molar-refractivity contribution in [2.75, 3.05) is 12.0 Å². The number of imide groups is 2. The molecule has 1 aliphatic rings. The van der Waals surface area contributed by atoms with E-state index >= 15 is 0 Å². The molecule has 0 spiro atoms. The molecule has 4 amide bonds. The predicted molar refractivity (Wildman–Crippen MR) is 106 cm³/mol. The van der Waals surface area contributed by atoms with Crippen molar-refractivity contribution >= 4 is 57.1 Å². The molecule has 2 aromatic carbocycles. The number of carbonyl (C=O) groups excluding carboxylic acids is 3. The van der Waals surface area contributed by atoms with Gasteiger partial charge in [0, 0.05) is 5.02 Å². The van der Waals surface area contributed by atoms with Gasteiger partial charge in [-0.15, -0.1) is 0 Å². The summed E-state index contributed by atoms with van der Waals surface area (Å²) in [6.07, 6.45) is 1.42. The van der Waals surface area contributed by atoms with Crippen molar-refractivity contribution in [1.29, 1.82) is 0 Å². The number of nitrogens with zero attached hydrogens (tertiary/aromatic N) is 1. The molecule has 8 heteroatoms. The molecule has 3 rings (SSSR count). The standard InChI is InChI=1S/C19H14BrClN2O4/c1-10-14(21)4-3-5-15(10)23-18(25)12(17(24)22-19(23)26)8-11-6-7-16(27-2)13(20)9-11/h3-9H,1-2H3,(H,22,24,26)/b12-8+. The van der Waals surface area contributed by atoms with Gasteiger partial charge in [0.15, 0.2) is 0 Å². The molecular weight excluding hydrogens is 436 g/mol. The Morgan fingerprint density at radius 3 is 2.59 bits per heavy atom. The van der Waals surface area contributed by atoms with Crippen LogP contribution in [0.15, 0.2) is 46.4 Å². The molecule has 1 N–H and O–H groups in total. The monoisotopic (exact) mass is 448 g/mol. The number of carbonyl (C=O) groups is 3. The molecule has 0 aliphatic carbocycles. The molecule has 1 fully saturated rings. The number of anilines is 1. The van der Waals surface area contributed by atoms with Crippen molar-refractivity contribution in [3.05, 3.63) is 62.6 Å². The van der Waals surface area contributed by atoms with Crippen molar-refractivity contribution in [1.82, 2.24) is 5.32 Å². The number of benzene rings is 2. The Balaban J connectivity index is 2.05. The molecule has 138 valence electrons. The minimum atomic E-state index is -0.816. The zero-order valence-electron chi connectivity index (χ0n) is 14.4. The summed E-state index contributed by atoms with van der Waals surface area (Å²) in [7, 11) is 1.53. The van der Waals surface area contributed by atoms with Gasteiger partial charge >= 0.3 is 6.03 Å². The second-order valence-corrected chi connectivity index (χ2v) is 7.00. The smallest absolute Gasteiger partial charge is 0.335 e. The fourth-order valence-electron chi connectivity index (χ4n) is 2.65. The van der Waals surface area contributed by atoms with E-state index in [1.54, 1.807) is 43.3 Å². The van der Waals surface area contributed by atoms with Gasteiger partial charge in [-0.3, -0.25) is 14.9 Å². The van der Waals surface area contributed by atoms with Gasteiger partial charge in [-0.25, -0.2) is 9.69 Å². The first kappa shape index (κ1) is 19.1. The van der Waals surface area contributed by atoms with Gasteiger partial charge in [-0.1, -0.05) is 23.7 Å². The van der Waals surface area contributed by atoms with Crippen LogP contribution in [0.1, 0.15) is 11.1 Å². The SMILES string of the molecule is COc1ccc(/C=C2\C(=O)NC(=O)N(c3cccc(Cl)c3C)C2=O)cc1Br. The summed E-state index contributed by atoms with van der Waals surface area (Å²) in [5.41, 5.74) is 1.31. The summed E-state index contributed by atoms with van der Waals surface area (Å²) in [5.74, 6) is -0.864. The Kier molecular flexibility index (Phi) is 5.34. The van der Waals surface area contributed by atoms with Crippen LogP contribution >= 0.6 is 27.5 Å². The number of amides is 4. The number of urea groups is 1. The van der Waals surface area contributed by atoms with Crippen molar-refractivity contribution < 1.29 is 19.1 Å². The zero-order valence-corrected chi connectivity index (χ0v) is 16.7. The lowest BCUT2D eigenvalue weighted by Crippen LogP contribution is -2.54. The average molecular weight is 450 g/mol. The molecule has 1 aliphatic heterocycles. The number of hydrogen-bond donors (Lipinski definition) is 1. The van der Waals surface area contributed by atoms with Gasteiger partial charge in [-0.2, -0.15) is 0 Å². The number of barbiturate groups is 1. The van der Waals surface area contributed by atoms with Crippen LogP contribution in [0, 0.1) is 6.92 Å². The Hall–Kier alpha value is -2.64. The lowest BCUT2D eigenvalue weighted by Gasteiger charge is -2.27. The number of ether oxygens (including phenoxy) is 1. The molecule has 0 unspecified atom stereocenters. The van der Waals surface area contributed by atoms with Crippen LogP contribution in [0.4, 0.5) is 10.5 Å². The maximum Gasteiger partial charge on any atom is 0.335 e. The maximum atomic E-state index is 12.9. The van der Waals surface area contributed by atoms with Crippen molar-refractivity contribution in [2.45, 2.75) is 6.92 Å². The van der Waals surface area contributed by atoms with Gasteiger partial charge in [-0.05, 0) is 64.3 Å². The van der Waals surface area contributed by atoms with Crippen molar-refractivity contribution in [2.24, 2.45) is 0 Å². The molecular formula is C19H14BrClN2O4. The first-order valence-corrected chi connectivity index (χ1v) is 9.00. The molecule has 0 saturated carbocycles. The van der Waals surface area contributed by atoms with Crippen LogP contribution in [-0.2, 0) is 9.59 Å². The number of nitrogens with one attached hydrogen (secondary N) is 1. The van der Waals surface area contributed by atoms with E-state index in [9.17, 15) is 14.4 Å². The third kappa shape index (κ3) is 3.61. The van der Waals surface area contributed by atoms with Crippen molar-refractivity contribution in [3.8, 4) is 5.75 Å². The van der Waals surface area contributed by atoms with Crippen molar-refractivity contribution in [3.63, 3.8) is 0 Å². The second kappa shape index (κ2) is 7.54. The fraction of sp³-hybridized carbons (Fsp3) is 0.105. The molecule has 6 nitrogen and oxygen atoms in total. The van der Waals surface area contributed by atoms with Crippen LogP contribution in [0.2, 0.25) is 5.02 Å². The quantitative estimate of drug-likeness (QED) is 0.566. The second-order valence-electron chi connectivity index (χ2n) is 5.74. The number of rotatable bonds is 3. The Bertz CT molecular complexity index is 1000. The van der Waals surface area contributed by atoms with Crippen LogP contribution < -0.4 is 15.0 Å². The number of methoxy groups -OCH3 is 1. The Labute approximate surface area is 168 Å². The lowest BCUT2D eigenvalue weighted by molar-refractivity contribution is -0.122. The molecule has 0 aromatic heterocycles. The normalized spacial score (nSPS) is 15.9. The maximum absolute atomic E-state index is 12.9. The molecule has 0 bridgehead atoms. The van der Waals surface area contributed by atoms with Crippen LogP contribution in [-0.4, -0.2) is 25.0 Å². The zero-order chi connectivity index (χ0) is 19.7. The number of hydrogen-bond acceptors (Lipinski definition) is 4. The van der Waals surface area contributed by atoms with Gasteiger partial charge in [0.25, 0.3) is 11.8 Å². The van der Waals surface area contributed by atoms with E-state index in [-0.39, 0.29) is 5.57 Å². The van der Waals surface area contributed by atoms with E-state index in [2.05, 4.69) is 21.2 Å². The molecule has 1 heterocycles. The minimum Gasteiger partial charge on any atom is -0.496 e. The summed E-state index contributed by atoms with van der Waals surface area (Å²) >= 11 is 9.46. The fourth-order valence-corrected chi connectivity index (χ4v) is 3.38. The third-order valence-corrected chi connectivity index (χ3v) is 5.10. The molecule has 1 saturated heterocycles. The highest BCUT2D eigenvalue weighted by Gasteiger charge is 2.37. The van der Waals surface area contributed by atoms with Gasteiger partial charge in [0.05, 0.1) is 17.3 Å². The first-order valence-electron chi connectivity index (χ1n) is 7.83. The molecule has 2 aromatic rings. The predicted octanol–water partition coefficient (Wildman–Crippen LogP) is 4.09. The first-order chi connectivity index (χ1) is 12.8. The summed E-state index contributed by atoms with van der Waals surface area (Å²) in [6, 6.07) is 9.17. The summed E-state index contributed by atoms with van der Waals surface area (Å²) < 4.78 is 5.83. The van der Waals surface area contributed by atoms with Gasteiger partial charge < -0.3 is 4.74 Å². The highest BCUT2D eigenvalue weighted by atomic mass is 79.9. The number of halogens is 2. The van der Waals surface area contributed by atoms with E-state index in [4.69, 9.17) is 16.3 Å². The Morgan fingerprint density at radius 2 is 1.93 bits per heavy atom. The largest absolute Gasteiger partial charge is 0.496 e.